The van der Waals surface area contributed by atoms with Crippen molar-refractivity contribution in [2.45, 2.75) is 20.0 Å². The van der Waals surface area contributed by atoms with Crippen LogP contribution < -0.4 is 20.7 Å². The van der Waals surface area contributed by atoms with Crippen molar-refractivity contribution >= 4 is 29.9 Å². The maximum atomic E-state index is 7.40. The number of hydrogen-bond donors (Lipinski definition) is 5. The van der Waals surface area contributed by atoms with Crippen LogP contribution >= 0.6 is 11.9 Å². The second kappa shape index (κ2) is 10.4. The molecule has 0 atom stereocenters. The van der Waals surface area contributed by atoms with Gasteiger partial charge in [-0.1, -0.05) is 36.2 Å². The topological polar surface area (TPSA) is 97.8 Å². The first kappa shape index (κ1) is 19.7. The number of aromatic nitrogens is 2. The first-order valence-corrected chi connectivity index (χ1v) is 9.45. The third-order valence-corrected chi connectivity index (χ3v) is 3.99. The fraction of sp³-hybridized carbons (Fsp3) is 0.278. The molecule has 2 rings (SSSR count). The number of nitrogens with zero attached hydrogens (tertiary/aromatic N) is 2. The highest BCUT2D eigenvalue weighted by Crippen LogP contribution is 2.15. The Kier molecular flexibility index (Phi) is 7.91. The SMILES string of the molecule is CN/C=C(\C=N)Nc1ncc(C)c(NCc2cccc(CNSC)c2)n1. The number of aryl methyl sites for hydroxylation is 1. The molecular formula is C18H25N7S. The summed E-state index contributed by atoms with van der Waals surface area (Å²) in [5.74, 6) is 1.21. The molecular weight excluding hydrogens is 346 g/mol. The smallest absolute Gasteiger partial charge is 0.229 e. The van der Waals surface area contributed by atoms with Gasteiger partial charge in [-0.15, -0.1) is 0 Å². The first-order chi connectivity index (χ1) is 12.7. The van der Waals surface area contributed by atoms with Gasteiger partial charge in [0.2, 0.25) is 5.95 Å². The van der Waals surface area contributed by atoms with E-state index >= 15 is 0 Å². The molecule has 0 bridgehead atoms. The lowest BCUT2D eigenvalue weighted by atomic mass is 10.1. The first-order valence-electron chi connectivity index (χ1n) is 8.22. The van der Waals surface area contributed by atoms with Crippen LogP contribution in [0.5, 0.6) is 0 Å². The summed E-state index contributed by atoms with van der Waals surface area (Å²) in [6, 6.07) is 8.44. The maximum Gasteiger partial charge on any atom is 0.229 e. The van der Waals surface area contributed by atoms with Gasteiger partial charge in [0.1, 0.15) is 5.82 Å². The van der Waals surface area contributed by atoms with Crippen molar-refractivity contribution < 1.29 is 0 Å². The van der Waals surface area contributed by atoms with Crippen LogP contribution in [0, 0.1) is 12.3 Å². The third-order valence-electron chi connectivity index (χ3n) is 3.56. The Balaban J connectivity index is 2.06. The summed E-state index contributed by atoms with van der Waals surface area (Å²) in [6.07, 6.45) is 6.67. The molecule has 0 radical (unpaired) electrons. The summed E-state index contributed by atoms with van der Waals surface area (Å²) in [5, 5.41) is 16.7. The molecule has 0 spiro atoms. The summed E-state index contributed by atoms with van der Waals surface area (Å²) < 4.78 is 3.25. The minimum atomic E-state index is 0.445. The molecule has 0 aliphatic heterocycles. The number of benzene rings is 1. The number of hydrogen-bond acceptors (Lipinski definition) is 8. The Bertz CT molecular complexity index is 761. The fourth-order valence-corrected chi connectivity index (χ4v) is 2.58. The van der Waals surface area contributed by atoms with Gasteiger partial charge in [-0.25, -0.2) is 4.98 Å². The molecule has 0 aliphatic rings. The third kappa shape index (κ3) is 6.05. The second-order valence-corrected chi connectivity index (χ2v) is 6.28. The molecule has 0 saturated carbocycles. The summed E-state index contributed by atoms with van der Waals surface area (Å²) in [4.78, 5) is 8.78. The van der Waals surface area contributed by atoms with E-state index in [-0.39, 0.29) is 0 Å². The second-order valence-electron chi connectivity index (χ2n) is 5.58. The van der Waals surface area contributed by atoms with Crippen LogP contribution in [0.4, 0.5) is 11.8 Å². The van der Waals surface area contributed by atoms with Crippen LogP contribution in [0.1, 0.15) is 16.7 Å². The average molecular weight is 372 g/mol. The van der Waals surface area contributed by atoms with Crippen molar-refractivity contribution in [1.29, 1.82) is 5.41 Å². The molecule has 2 aromatic rings. The average Bonchev–Trinajstić information content (AvgIpc) is 2.66. The van der Waals surface area contributed by atoms with E-state index in [0.29, 0.717) is 18.2 Å². The molecule has 138 valence electrons. The standard InChI is InChI=1S/C18H25N7S/c1-13-9-22-18(24-16(8-19)12-20-2)25-17(13)21-10-14-5-4-6-15(7-14)11-23-26-3/h4-9,12,19-20,23H,10-11H2,1-3H3,(H2,21,22,24,25)/b16-12+,19-8?. The molecule has 0 unspecified atom stereocenters. The van der Waals surface area contributed by atoms with Crippen LogP contribution in [-0.4, -0.2) is 29.5 Å². The van der Waals surface area contributed by atoms with Gasteiger partial charge in [0, 0.05) is 44.3 Å². The summed E-state index contributed by atoms with van der Waals surface area (Å²) in [6.45, 7) is 3.47. The predicted octanol–water partition coefficient (Wildman–Crippen LogP) is 2.89. The van der Waals surface area contributed by atoms with Gasteiger partial charge in [0.15, 0.2) is 0 Å². The zero-order valence-corrected chi connectivity index (χ0v) is 16.1. The molecule has 8 heteroatoms. The molecule has 7 nitrogen and oxygen atoms in total. The van der Waals surface area contributed by atoms with Gasteiger partial charge < -0.3 is 21.4 Å². The van der Waals surface area contributed by atoms with Gasteiger partial charge in [0.05, 0.1) is 5.70 Å². The highest BCUT2D eigenvalue weighted by atomic mass is 32.2. The minimum Gasteiger partial charge on any atom is -0.392 e. The Morgan fingerprint density at radius 2 is 2.04 bits per heavy atom. The summed E-state index contributed by atoms with van der Waals surface area (Å²) in [7, 11) is 1.77. The van der Waals surface area contributed by atoms with E-state index in [9.17, 15) is 0 Å². The van der Waals surface area contributed by atoms with Crippen molar-refractivity contribution in [3.05, 3.63) is 59.0 Å². The van der Waals surface area contributed by atoms with E-state index in [2.05, 4.69) is 54.9 Å². The minimum absolute atomic E-state index is 0.445. The number of rotatable bonds is 10. The molecule has 1 heterocycles. The molecule has 1 aromatic heterocycles. The van der Waals surface area contributed by atoms with Gasteiger partial charge in [-0.05, 0) is 24.3 Å². The van der Waals surface area contributed by atoms with Gasteiger partial charge >= 0.3 is 0 Å². The van der Waals surface area contributed by atoms with Crippen LogP contribution in [0.3, 0.4) is 0 Å². The van der Waals surface area contributed by atoms with Crippen LogP contribution in [-0.2, 0) is 13.1 Å². The largest absolute Gasteiger partial charge is 0.392 e. The number of allylic oxidation sites excluding steroid dienone is 1. The lowest BCUT2D eigenvalue weighted by molar-refractivity contribution is 0.969. The lowest BCUT2D eigenvalue weighted by Gasteiger charge is -2.12. The molecule has 0 aliphatic carbocycles. The zero-order valence-electron chi connectivity index (χ0n) is 15.3. The Morgan fingerprint density at radius 3 is 2.73 bits per heavy atom. The summed E-state index contributed by atoms with van der Waals surface area (Å²) in [5.41, 5.74) is 3.97. The number of anilines is 2. The quantitative estimate of drug-likeness (QED) is 0.324. The highest BCUT2D eigenvalue weighted by Gasteiger charge is 2.05. The van der Waals surface area contributed by atoms with Crippen molar-refractivity contribution in [1.82, 2.24) is 20.0 Å². The molecule has 26 heavy (non-hydrogen) atoms. The zero-order chi connectivity index (χ0) is 18.8. The van der Waals surface area contributed by atoms with Crippen LogP contribution in [0.2, 0.25) is 0 Å². The number of nitrogens with one attached hydrogen (secondary N) is 5. The van der Waals surface area contributed by atoms with Gasteiger partial charge in [-0.3, -0.25) is 4.72 Å². The fourth-order valence-electron chi connectivity index (χ4n) is 2.27. The van der Waals surface area contributed by atoms with E-state index in [1.807, 2.05) is 13.2 Å². The van der Waals surface area contributed by atoms with Crippen LogP contribution in [0.25, 0.3) is 0 Å². The molecule has 5 N–H and O–H groups in total. The van der Waals surface area contributed by atoms with Crippen molar-refractivity contribution in [2.24, 2.45) is 0 Å². The predicted molar refractivity (Wildman–Crippen MR) is 110 cm³/mol. The Morgan fingerprint density at radius 1 is 1.27 bits per heavy atom. The van der Waals surface area contributed by atoms with Crippen molar-refractivity contribution in [3.8, 4) is 0 Å². The molecule has 0 amide bonds. The van der Waals surface area contributed by atoms with Crippen molar-refractivity contribution in [2.75, 3.05) is 23.9 Å². The Labute approximate surface area is 158 Å². The van der Waals surface area contributed by atoms with E-state index in [0.717, 1.165) is 17.9 Å². The van der Waals surface area contributed by atoms with Gasteiger partial charge in [-0.2, -0.15) is 4.98 Å². The molecule has 0 fully saturated rings. The highest BCUT2D eigenvalue weighted by molar-refractivity contribution is 7.96. The Hall–Kier alpha value is -2.58. The normalized spacial score (nSPS) is 11.1. The van der Waals surface area contributed by atoms with E-state index in [4.69, 9.17) is 5.41 Å². The molecule has 1 aromatic carbocycles. The maximum absolute atomic E-state index is 7.40. The van der Waals surface area contributed by atoms with Crippen molar-refractivity contribution in [3.63, 3.8) is 0 Å². The lowest BCUT2D eigenvalue weighted by Crippen LogP contribution is -2.11. The molecule has 0 saturated heterocycles. The van der Waals surface area contributed by atoms with E-state index in [1.165, 1.54) is 17.3 Å². The monoisotopic (exact) mass is 371 g/mol. The van der Waals surface area contributed by atoms with Crippen LogP contribution in [0.15, 0.2) is 42.4 Å². The van der Waals surface area contributed by atoms with Gasteiger partial charge in [0.25, 0.3) is 0 Å². The van der Waals surface area contributed by atoms with E-state index in [1.54, 1.807) is 31.4 Å². The van der Waals surface area contributed by atoms with E-state index < -0.39 is 0 Å². The summed E-state index contributed by atoms with van der Waals surface area (Å²) >= 11 is 1.61.